The Hall–Kier alpha value is -3.08. The van der Waals surface area contributed by atoms with E-state index in [1.54, 1.807) is 7.11 Å². The molecule has 1 aliphatic rings. The molecule has 2 aromatic carbocycles. The van der Waals surface area contributed by atoms with E-state index in [1.165, 1.54) is 24.8 Å². The van der Waals surface area contributed by atoms with Crippen molar-refractivity contribution in [3.8, 4) is 5.75 Å². The first-order valence-electron chi connectivity index (χ1n) is 10.3. The zero-order chi connectivity index (χ0) is 20.1. The molecule has 0 spiro atoms. The lowest BCUT2D eigenvalue weighted by Gasteiger charge is -2.33. The first kappa shape index (κ1) is 19.2. The van der Waals surface area contributed by atoms with Crippen LogP contribution in [0, 0.1) is 12.8 Å². The van der Waals surface area contributed by atoms with Crippen molar-refractivity contribution in [2.45, 2.75) is 26.2 Å². The molecule has 4 rings (SSSR count). The fourth-order valence-electron chi connectivity index (χ4n) is 3.91. The summed E-state index contributed by atoms with van der Waals surface area (Å²) >= 11 is 0. The van der Waals surface area contributed by atoms with Crippen molar-refractivity contribution >= 4 is 17.3 Å². The number of nitrogens with one attached hydrogen (secondary N) is 1. The minimum atomic E-state index is 0.744. The summed E-state index contributed by atoms with van der Waals surface area (Å²) in [5, 5.41) is 3.38. The van der Waals surface area contributed by atoms with Crippen LogP contribution >= 0.6 is 0 Å². The SMILES string of the molecule is COc1ccc(Nc2cc(N3CCC(Cc4ccccc4)CC3)nc(C)n2)cc1. The van der Waals surface area contributed by atoms with Gasteiger partial charge in [0, 0.05) is 24.8 Å². The maximum Gasteiger partial charge on any atom is 0.136 e. The average molecular weight is 389 g/mol. The van der Waals surface area contributed by atoms with Gasteiger partial charge in [0.1, 0.15) is 23.2 Å². The van der Waals surface area contributed by atoms with E-state index in [-0.39, 0.29) is 0 Å². The number of benzene rings is 2. The number of nitrogens with zero attached hydrogens (tertiary/aromatic N) is 3. The zero-order valence-electron chi connectivity index (χ0n) is 17.1. The maximum absolute atomic E-state index is 5.22. The largest absolute Gasteiger partial charge is 0.497 e. The van der Waals surface area contributed by atoms with Gasteiger partial charge in [0.05, 0.1) is 7.11 Å². The van der Waals surface area contributed by atoms with Gasteiger partial charge in [-0.25, -0.2) is 9.97 Å². The standard InChI is InChI=1S/C24H28N4O/c1-18-25-23(27-21-8-10-22(29-2)11-9-21)17-24(26-18)28-14-12-20(13-15-28)16-19-6-4-3-5-7-19/h3-11,17,20H,12-16H2,1-2H3,(H,25,26,27). The Morgan fingerprint density at radius 1 is 1.00 bits per heavy atom. The highest BCUT2D eigenvalue weighted by atomic mass is 16.5. The summed E-state index contributed by atoms with van der Waals surface area (Å²) in [5.41, 5.74) is 2.42. The Kier molecular flexibility index (Phi) is 5.94. The lowest BCUT2D eigenvalue weighted by Crippen LogP contribution is -2.35. The molecular weight excluding hydrogens is 360 g/mol. The Labute approximate surface area is 172 Å². The Balaban J connectivity index is 1.40. The molecule has 2 heterocycles. The molecule has 3 aromatic rings. The van der Waals surface area contributed by atoms with Crippen LogP contribution < -0.4 is 15.0 Å². The van der Waals surface area contributed by atoms with Gasteiger partial charge in [-0.15, -0.1) is 0 Å². The number of hydrogen-bond donors (Lipinski definition) is 1. The molecule has 1 aliphatic heterocycles. The maximum atomic E-state index is 5.22. The van der Waals surface area contributed by atoms with Gasteiger partial charge in [-0.1, -0.05) is 30.3 Å². The van der Waals surface area contributed by atoms with Crippen LogP contribution in [0.5, 0.6) is 5.75 Å². The lowest BCUT2D eigenvalue weighted by molar-refractivity contribution is 0.402. The van der Waals surface area contributed by atoms with Crippen LogP contribution in [0.3, 0.4) is 0 Å². The molecule has 150 valence electrons. The number of rotatable bonds is 6. The molecule has 5 nitrogen and oxygen atoms in total. The lowest BCUT2D eigenvalue weighted by atomic mass is 9.90. The van der Waals surface area contributed by atoms with Crippen molar-refractivity contribution in [1.29, 1.82) is 0 Å². The molecule has 0 bridgehead atoms. The van der Waals surface area contributed by atoms with Crippen LogP contribution in [-0.4, -0.2) is 30.2 Å². The average Bonchev–Trinajstić information content (AvgIpc) is 2.75. The quantitative estimate of drug-likeness (QED) is 0.644. The number of aromatic nitrogens is 2. The second-order valence-electron chi connectivity index (χ2n) is 7.63. The number of aryl methyl sites for hydroxylation is 1. The van der Waals surface area contributed by atoms with Gasteiger partial charge < -0.3 is 15.0 Å². The van der Waals surface area contributed by atoms with Gasteiger partial charge in [-0.05, 0) is 61.9 Å². The highest BCUT2D eigenvalue weighted by Crippen LogP contribution is 2.27. The van der Waals surface area contributed by atoms with Crippen molar-refractivity contribution in [3.63, 3.8) is 0 Å². The van der Waals surface area contributed by atoms with Gasteiger partial charge in [0.15, 0.2) is 0 Å². The van der Waals surface area contributed by atoms with E-state index in [9.17, 15) is 0 Å². The van der Waals surface area contributed by atoms with Gasteiger partial charge in [-0.2, -0.15) is 0 Å². The van der Waals surface area contributed by atoms with Crippen molar-refractivity contribution in [2.75, 3.05) is 30.4 Å². The van der Waals surface area contributed by atoms with Crippen LogP contribution in [0.2, 0.25) is 0 Å². The van der Waals surface area contributed by atoms with Crippen molar-refractivity contribution in [3.05, 3.63) is 72.1 Å². The van der Waals surface area contributed by atoms with E-state index in [1.807, 2.05) is 31.2 Å². The summed E-state index contributed by atoms with van der Waals surface area (Å²) < 4.78 is 5.22. The number of methoxy groups -OCH3 is 1. The minimum absolute atomic E-state index is 0.744. The predicted molar refractivity (Wildman–Crippen MR) is 118 cm³/mol. The van der Waals surface area contributed by atoms with Gasteiger partial charge in [0.25, 0.3) is 0 Å². The van der Waals surface area contributed by atoms with E-state index >= 15 is 0 Å². The molecule has 1 fully saturated rings. The molecule has 29 heavy (non-hydrogen) atoms. The fourth-order valence-corrected chi connectivity index (χ4v) is 3.91. The monoisotopic (exact) mass is 388 g/mol. The molecule has 1 aromatic heterocycles. The van der Waals surface area contributed by atoms with Crippen LogP contribution in [-0.2, 0) is 6.42 Å². The summed E-state index contributed by atoms with van der Waals surface area (Å²) in [6.07, 6.45) is 3.56. The number of piperidine rings is 1. The molecular formula is C24H28N4O. The second-order valence-corrected chi connectivity index (χ2v) is 7.63. The highest BCUT2D eigenvalue weighted by molar-refractivity contribution is 5.60. The smallest absolute Gasteiger partial charge is 0.136 e. The molecule has 0 unspecified atom stereocenters. The minimum Gasteiger partial charge on any atom is -0.497 e. The third-order valence-electron chi connectivity index (χ3n) is 5.49. The molecule has 0 aliphatic carbocycles. The summed E-state index contributed by atoms with van der Waals surface area (Å²) in [6.45, 7) is 4.02. The van der Waals surface area contributed by atoms with Crippen LogP contribution in [0.25, 0.3) is 0 Å². The molecule has 0 saturated carbocycles. The molecule has 0 atom stereocenters. The molecule has 1 saturated heterocycles. The van der Waals surface area contributed by atoms with E-state index in [4.69, 9.17) is 9.72 Å². The summed E-state index contributed by atoms with van der Waals surface area (Å²) in [7, 11) is 1.67. The van der Waals surface area contributed by atoms with Gasteiger partial charge in [0.2, 0.25) is 0 Å². The van der Waals surface area contributed by atoms with E-state index in [0.717, 1.165) is 47.9 Å². The van der Waals surface area contributed by atoms with Crippen molar-refractivity contribution in [2.24, 2.45) is 5.92 Å². The zero-order valence-corrected chi connectivity index (χ0v) is 17.1. The molecule has 1 N–H and O–H groups in total. The molecule has 0 radical (unpaired) electrons. The Bertz CT molecular complexity index is 919. The number of hydrogen-bond acceptors (Lipinski definition) is 5. The van der Waals surface area contributed by atoms with Crippen LogP contribution in [0.15, 0.2) is 60.7 Å². The Morgan fingerprint density at radius 3 is 2.41 bits per heavy atom. The van der Waals surface area contributed by atoms with E-state index < -0.39 is 0 Å². The van der Waals surface area contributed by atoms with Crippen molar-refractivity contribution in [1.82, 2.24) is 9.97 Å². The predicted octanol–water partition coefficient (Wildman–Crippen LogP) is 5.00. The first-order valence-corrected chi connectivity index (χ1v) is 10.3. The van der Waals surface area contributed by atoms with E-state index in [2.05, 4.69) is 51.6 Å². The van der Waals surface area contributed by atoms with Gasteiger partial charge >= 0.3 is 0 Å². The second kappa shape index (κ2) is 8.95. The first-order chi connectivity index (χ1) is 14.2. The third kappa shape index (κ3) is 5.05. The van der Waals surface area contributed by atoms with E-state index in [0.29, 0.717) is 0 Å². The third-order valence-corrected chi connectivity index (χ3v) is 5.49. The normalized spacial score (nSPS) is 14.6. The summed E-state index contributed by atoms with van der Waals surface area (Å²) in [6, 6.07) is 20.7. The summed E-state index contributed by atoms with van der Waals surface area (Å²) in [4.78, 5) is 11.6. The van der Waals surface area contributed by atoms with Crippen molar-refractivity contribution < 1.29 is 4.74 Å². The molecule has 5 heteroatoms. The highest BCUT2D eigenvalue weighted by Gasteiger charge is 2.21. The number of anilines is 3. The Morgan fingerprint density at radius 2 is 1.72 bits per heavy atom. The van der Waals surface area contributed by atoms with Crippen LogP contribution in [0.1, 0.15) is 24.2 Å². The summed E-state index contributed by atoms with van der Waals surface area (Å²) in [5.74, 6) is 4.20. The topological polar surface area (TPSA) is 50.3 Å². The fraction of sp³-hybridized carbons (Fsp3) is 0.333. The van der Waals surface area contributed by atoms with Gasteiger partial charge in [-0.3, -0.25) is 0 Å². The molecule has 0 amide bonds. The van der Waals surface area contributed by atoms with Crippen LogP contribution in [0.4, 0.5) is 17.3 Å². The number of ether oxygens (including phenoxy) is 1.